The maximum atomic E-state index is 13.4. The highest BCUT2D eigenvalue weighted by atomic mass is 32.2. The summed E-state index contributed by atoms with van der Waals surface area (Å²) >= 11 is 1.47. The van der Waals surface area contributed by atoms with Crippen LogP contribution in [-0.4, -0.2) is 19.6 Å². The van der Waals surface area contributed by atoms with Crippen LogP contribution in [0.15, 0.2) is 40.1 Å². The van der Waals surface area contributed by atoms with Gasteiger partial charge >= 0.3 is 6.18 Å². The number of rotatable bonds is 5. The van der Waals surface area contributed by atoms with Gasteiger partial charge in [-0.3, -0.25) is 0 Å². The first-order valence-electron chi connectivity index (χ1n) is 9.99. The Morgan fingerprint density at radius 2 is 1.86 bits per heavy atom. The van der Waals surface area contributed by atoms with E-state index in [1.165, 1.54) is 48.0 Å². The number of nitrogens with one attached hydrogen (secondary N) is 1. The van der Waals surface area contributed by atoms with Crippen LogP contribution in [-0.2, 0) is 12.6 Å². The van der Waals surface area contributed by atoms with Gasteiger partial charge in [-0.05, 0) is 54.7 Å². The molecule has 6 heteroatoms. The molecule has 1 fully saturated rings. The summed E-state index contributed by atoms with van der Waals surface area (Å²) in [6, 6.07) is 9.05. The maximum Gasteiger partial charge on any atom is 0.416 e. The van der Waals surface area contributed by atoms with Crippen molar-refractivity contribution in [3.05, 3.63) is 47.0 Å². The fourth-order valence-corrected chi connectivity index (χ4v) is 5.08. The Morgan fingerprint density at radius 1 is 1.07 bits per heavy atom. The molecule has 0 unspecified atom stereocenters. The van der Waals surface area contributed by atoms with E-state index in [0.29, 0.717) is 18.7 Å². The molecule has 0 amide bonds. The summed E-state index contributed by atoms with van der Waals surface area (Å²) in [5.74, 6) is 0. The SMILES string of the molecule is CCCCNc1cc(C(F)(F)F)cc2c1Cc1ccc(N3CCCC3)cc1S2. The van der Waals surface area contributed by atoms with Crippen molar-refractivity contribution in [2.24, 2.45) is 0 Å². The highest BCUT2D eigenvalue weighted by Gasteiger charge is 2.33. The number of fused-ring (bicyclic) bond motifs is 2. The van der Waals surface area contributed by atoms with E-state index in [0.717, 1.165) is 41.3 Å². The van der Waals surface area contributed by atoms with Gasteiger partial charge in [-0.25, -0.2) is 0 Å². The van der Waals surface area contributed by atoms with Crippen molar-refractivity contribution in [2.45, 2.75) is 55.0 Å². The first kappa shape index (κ1) is 19.5. The number of alkyl halides is 3. The second-order valence-electron chi connectivity index (χ2n) is 7.54. The number of unbranched alkanes of at least 4 members (excludes halogenated alkanes) is 1. The average molecular weight is 407 g/mol. The van der Waals surface area contributed by atoms with Crippen molar-refractivity contribution < 1.29 is 13.2 Å². The molecular weight excluding hydrogens is 381 g/mol. The van der Waals surface area contributed by atoms with E-state index in [9.17, 15) is 13.2 Å². The molecule has 150 valence electrons. The van der Waals surface area contributed by atoms with Gasteiger partial charge in [-0.2, -0.15) is 13.2 Å². The zero-order chi connectivity index (χ0) is 19.7. The molecule has 28 heavy (non-hydrogen) atoms. The summed E-state index contributed by atoms with van der Waals surface area (Å²) in [4.78, 5) is 4.16. The van der Waals surface area contributed by atoms with E-state index >= 15 is 0 Å². The van der Waals surface area contributed by atoms with E-state index in [4.69, 9.17) is 0 Å². The van der Waals surface area contributed by atoms with Crippen LogP contribution in [0.1, 0.15) is 49.3 Å². The Morgan fingerprint density at radius 3 is 2.57 bits per heavy atom. The zero-order valence-electron chi connectivity index (χ0n) is 16.0. The summed E-state index contributed by atoms with van der Waals surface area (Å²) in [6.07, 6.45) is 0.682. The third kappa shape index (κ3) is 3.97. The molecule has 1 saturated heterocycles. The highest BCUT2D eigenvalue weighted by molar-refractivity contribution is 7.99. The number of nitrogens with zero attached hydrogens (tertiary/aromatic N) is 1. The summed E-state index contributed by atoms with van der Waals surface area (Å²) in [5.41, 5.74) is 3.41. The van der Waals surface area contributed by atoms with Gasteiger partial charge in [0.2, 0.25) is 0 Å². The number of benzene rings is 2. The second kappa shape index (κ2) is 7.90. The number of hydrogen-bond acceptors (Lipinski definition) is 3. The monoisotopic (exact) mass is 406 g/mol. The molecule has 0 aliphatic carbocycles. The molecule has 2 aliphatic heterocycles. The van der Waals surface area contributed by atoms with E-state index in [-0.39, 0.29) is 0 Å². The van der Waals surface area contributed by atoms with E-state index < -0.39 is 11.7 Å². The van der Waals surface area contributed by atoms with Crippen molar-refractivity contribution in [2.75, 3.05) is 29.9 Å². The summed E-state index contributed by atoms with van der Waals surface area (Å²) in [7, 11) is 0. The molecule has 2 nitrogen and oxygen atoms in total. The van der Waals surface area contributed by atoms with Crippen LogP contribution in [0, 0.1) is 0 Å². The van der Waals surface area contributed by atoms with E-state index in [1.54, 1.807) is 0 Å². The van der Waals surface area contributed by atoms with Gasteiger partial charge in [-0.1, -0.05) is 31.2 Å². The molecule has 0 radical (unpaired) electrons. The molecule has 2 aromatic rings. The first-order valence-corrected chi connectivity index (χ1v) is 10.8. The Hall–Kier alpha value is -1.82. The van der Waals surface area contributed by atoms with Gasteiger partial charge in [0.25, 0.3) is 0 Å². The lowest BCUT2D eigenvalue weighted by molar-refractivity contribution is -0.137. The Kier molecular flexibility index (Phi) is 5.50. The normalized spacial score (nSPS) is 16.1. The minimum absolute atomic E-state index is 0.572. The predicted molar refractivity (Wildman–Crippen MR) is 110 cm³/mol. The van der Waals surface area contributed by atoms with Gasteiger partial charge in [0.1, 0.15) is 0 Å². The first-order chi connectivity index (χ1) is 13.5. The van der Waals surface area contributed by atoms with Crippen LogP contribution in [0.25, 0.3) is 0 Å². The van der Waals surface area contributed by atoms with Crippen LogP contribution in [0.4, 0.5) is 24.5 Å². The number of halogens is 3. The fourth-order valence-electron chi connectivity index (χ4n) is 3.91. The molecule has 4 rings (SSSR count). The van der Waals surface area contributed by atoms with Gasteiger partial charge in [0.05, 0.1) is 5.56 Å². The average Bonchev–Trinajstić information content (AvgIpc) is 3.20. The highest BCUT2D eigenvalue weighted by Crippen LogP contribution is 2.46. The van der Waals surface area contributed by atoms with Gasteiger partial charge in [0, 0.05) is 47.2 Å². The van der Waals surface area contributed by atoms with Crippen molar-refractivity contribution in [1.29, 1.82) is 0 Å². The molecule has 0 saturated carbocycles. The number of anilines is 2. The van der Waals surface area contributed by atoms with Gasteiger partial charge < -0.3 is 10.2 Å². The van der Waals surface area contributed by atoms with Crippen LogP contribution in [0.2, 0.25) is 0 Å². The molecule has 0 spiro atoms. The number of hydrogen-bond donors (Lipinski definition) is 1. The van der Waals surface area contributed by atoms with Crippen LogP contribution in [0.5, 0.6) is 0 Å². The molecule has 2 aliphatic rings. The summed E-state index contributed by atoms with van der Waals surface area (Å²) in [6.45, 7) is 4.89. The second-order valence-corrected chi connectivity index (χ2v) is 8.63. The molecular formula is C22H25F3N2S. The maximum absolute atomic E-state index is 13.4. The summed E-state index contributed by atoms with van der Waals surface area (Å²) in [5, 5.41) is 3.25. The fraction of sp³-hybridized carbons (Fsp3) is 0.455. The van der Waals surface area contributed by atoms with E-state index in [2.05, 4.69) is 35.3 Å². The lowest BCUT2D eigenvalue weighted by Gasteiger charge is -2.26. The quantitative estimate of drug-likeness (QED) is 0.482. The van der Waals surface area contributed by atoms with Crippen molar-refractivity contribution >= 4 is 23.1 Å². The smallest absolute Gasteiger partial charge is 0.385 e. The van der Waals surface area contributed by atoms with Crippen molar-refractivity contribution in [3.8, 4) is 0 Å². The van der Waals surface area contributed by atoms with Crippen molar-refractivity contribution in [1.82, 2.24) is 0 Å². The Labute approximate surface area is 168 Å². The predicted octanol–water partition coefficient (Wildman–Crippen LogP) is 6.57. The lowest BCUT2D eigenvalue weighted by Crippen LogP contribution is -2.18. The van der Waals surface area contributed by atoms with Gasteiger partial charge in [-0.15, -0.1) is 0 Å². The standard InChI is InChI=1S/C22H25F3N2S/c1-2-3-8-26-19-12-16(22(23,24)25)13-21-18(19)11-15-6-7-17(14-20(15)28-21)27-9-4-5-10-27/h6-7,12-14,26H,2-5,8-11H2,1H3. The molecule has 2 heterocycles. The topological polar surface area (TPSA) is 15.3 Å². The molecule has 0 atom stereocenters. The third-order valence-electron chi connectivity index (χ3n) is 5.49. The molecule has 1 N–H and O–H groups in total. The molecule has 0 aromatic heterocycles. The zero-order valence-corrected chi connectivity index (χ0v) is 16.8. The largest absolute Gasteiger partial charge is 0.416 e. The van der Waals surface area contributed by atoms with Crippen LogP contribution < -0.4 is 10.2 Å². The van der Waals surface area contributed by atoms with Crippen LogP contribution in [0.3, 0.4) is 0 Å². The Balaban J connectivity index is 1.68. The van der Waals surface area contributed by atoms with Gasteiger partial charge in [0.15, 0.2) is 0 Å². The molecule has 0 bridgehead atoms. The minimum Gasteiger partial charge on any atom is -0.385 e. The lowest BCUT2D eigenvalue weighted by atomic mass is 9.99. The van der Waals surface area contributed by atoms with E-state index in [1.807, 2.05) is 0 Å². The molecule has 2 aromatic carbocycles. The Bertz CT molecular complexity index is 858. The minimum atomic E-state index is -4.34. The van der Waals surface area contributed by atoms with Crippen molar-refractivity contribution in [3.63, 3.8) is 0 Å². The third-order valence-corrected chi connectivity index (χ3v) is 6.68. The van der Waals surface area contributed by atoms with Crippen LogP contribution >= 0.6 is 11.8 Å². The summed E-state index contributed by atoms with van der Waals surface area (Å²) < 4.78 is 40.3.